The summed E-state index contributed by atoms with van der Waals surface area (Å²) in [6.45, 7) is 2.08. The first-order valence-corrected chi connectivity index (χ1v) is 13.7. The van der Waals surface area contributed by atoms with Gasteiger partial charge in [0.15, 0.2) is 11.6 Å². The van der Waals surface area contributed by atoms with E-state index < -0.39 is 17.5 Å². The number of benzene rings is 2. The lowest BCUT2D eigenvalue weighted by molar-refractivity contribution is -0.117. The first kappa shape index (κ1) is 28.4. The van der Waals surface area contributed by atoms with Crippen molar-refractivity contribution < 1.29 is 27.4 Å². The molecule has 210 valence electrons. The maximum Gasteiger partial charge on any atom is 0.166 e. The smallest absolute Gasteiger partial charge is 0.166 e. The summed E-state index contributed by atoms with van der Waals surface area (Å²) >= 11 is 1.44. The number of ether oxygens (including phenoxy) is 2. The van der Waals surface area contributed by atoms with Gasteiger partial charge < -0.3 is 14.8 Å². The van der Waals surface area contributed by atoms with Crippen LogP contribution in [0.15, 0.2) is 73.1 Å². The van der Waals surface area contributed by atoms with Crippen LogP contribution in [0.4, 0.5) is 13.2 Å². The van der Waals surface area contributed by atoms with Gasteiger partial charge in [0.05, 0.1) is 27.4 Å². The number of rotatable bonds is 12. The zero-order valence-corrected chi connectivity index (χ0v) is 22.9. The number of Topliss-reactive ketones (excluding diaryl/α,β-unsaturated/α-hetero) is 1. The minimum absolute atomic E-state index is 0.00308. The monoisotopic (exact) mass is 577 g/mol. The van der Waals surface area contributed by atoms with Gasteiger partial charge in [-0.05, 0) is 47.0 Å². The molecule has 6 nitrogen and oxygen atoms in total. The number of fused-ring (bicyclic) bond motifs is 1. The molecule has 0 amide bonds. The average Bonchev–Trinajstić information content (AvgIpc) is 3.40. The summed E-state index contributed by atoms with van der Waals surface area (Å²) in [4.78, 5) is 22.3. The van der Waals surface area contributed by atoms with Crippen LogP contribution in [0.1, 0.15) is 16.7 Å². The van der Waals surface area contributed by atoms with Crippen molar-refractivity contribution in [3.8, 4) is 22.1 Å². The van der Waals surface area contributed by atoms with Crippen LogP contribution in [0.5, 0.6) is 11.5 Å². The van der Waals surface area contributed by atoms with Crippen molar-refractivity contribution in [1.29, 1.82) is 0 Å². The van der Waals surface area contributed by atoms with Crippen LogP contribution in [0.3, 0.4) is 0 Å². The van der Waals surface area contributed by atoms with Crippen LogP contribution in [0.2, 0.25) is 0 Å². The summed E-state index contributed by atoms with van der Waals surface area (Å²) in [7, 11) is 1.66. The third kappa shape index (κ3) is 7.15. The van der Waals surface area contributed by atoms with Gasteiger partial charge in [-0.15, -0.1) is 11.3 Å². The van der Waals surface area contributed by atoms with E-state index in [1.807, 2.05) is 24.4 Å². The molecule has 3 aromatic heterocycles. The van der Waals surface area contributed by atoms with Gasteiger partial charge in [-0.1, -0.05) is 18.2 Å². The maximum absolute atomic E-state index is 15.0. The summed E-state index contributed by atoms with van der Waals surface area (Å²) in [5.41, 5.74) is 3.06. The Morgan fingerprint density at radius 1 is 0.902 bits per heavy atom. The Kier molecular flexibility index (Phi) is 9.03. The number of aromatic nitrogens is 2. The van der Waals surface area contributed by atoms with Crippen LogP contribution < -0.4 is 10.1 Å². The van der Waals surface area contributed by atoms with E-state index in [1.54, 1.807) is 25.4 Å². The van der Waals surface area contributed by atoms with Crippen molar-refractivity contribution >= 4 is 27.3 Å². The number of hydrogen-bond acceptors (Lipinski definition) is 7. The molecule has 3 heterocycles. The van der Waals surface area contributed by atoms with Gasteiger partial charge in [-0.3, -0.25) is 14.8 Å². The molecule has 0 aliphatic heterocycles. The predicted molar refractivity (Wildman–Crippen MR) is 152 cm³/mol. The van der Waals surface area contributed by atoms with Crippen molar-refractivity contribution in [2.24, 2.45) is 0 Å². The molecule has 2 aromatic carbocycles. The third-order valence-electron chi connectivity index (χ3n) is 6.29. The second-order valence-corrected chi connectivity index (χ2v) is 10.4. The molecule has 0 fully saturated rings. The molecule has 0 radical (unpaired) electrons. The van der Waals surface area contributed by atoms with Crippen molar-refractivity contribution in [3.63, 3.8) is 0 Å². The number of carbonyl (C=O) groups excluding carboxylic acids is 1. The quantitative estimate of drug-likeness (QED) is 0.167. The molecule has 0 unspecified atom stereocenters. The fourth-order valence-electron chi connectivity index (χ4n) is 4.23. The molecule has 0 saturated heterocycles. The van der Waals surface area contributed by atoms with Crippen LogP contribution in [0, 0.1) is 17.5 Å². The highest BCUT2D eigenvalue weighted by atomic mass is 32.1. The number of halogens is 3. The number of pyridine rings is 2. The van der Waals surface area contributed by atoms with Crippen LogP contribution in [0.25, 0.3) is 20.8 Å². The standard InChI is InChI=1S/C31H26F3N3O3S/c1-39-11-10-35-17-20-2-6-26(37-18-20)30-16-27-31(41-30)29(8-9-36-27)40-28-7-3-19(13-25(28)34)12-23(38)14-21-4-5-22(32)15-24(21)33/h2-9,13,15-16,18,35H,10-12,14,17H2,1H3. The second-order valence-electron chi connectivity index (χ2n) is 9.35. The first-order chi connectivity index (χ1) is 19.9. The number of methoxy groups -OCH3 is 1. The second kappa shape index (κ2) is 13.0. The van der Waals surface area contributed by atoms with E-state index in [4.69, 9.17) is 9.47 Å². The topological polar surface area (TPSA) is 73.3 Å². The van der Waals surface area contributed by atoms with E-state index in [0.717, 1.165) is 39.5 Å². The van der Waals surface area contributed by atoms with Crippen molar-refractivity contribution in [1.82, 2.24) is 15.3 Å². The maximum atomic E-state index is 15.0. The zero-order valence-electron chi connectivity index (χ0n) is 22.1. The molecule has 0 atom stereocenters. The Hall–Kier alpha value is -4.12. The third-order valence-corrected chi connectivity index (χ3v) is 7.45. The summed E-state index contributed by atoms with van der Waals surface area (Å²) < 4.78 is 53.7. The molecule has 0 aliphatic carbocycles. The van der Waals surface area contributed by atoms with E-state index in [9.17, 15) is 18.0 Å². The molecule has 0 bridgehead atoms. The van der Waals surface area contributed by atoms with E-state index in [-0.39, 0.29) is 29.9 Å². The van der Waals surface area contributed by atoms with Gasteiger partial charge in [-0.2, -0.15) is 0 Å². The van der Waals surface area contributed by atoms with E-state index in [1.165, 1.54) is 29.5 Å². The van der Waals surface area contributed by atoms with Gasteiger partial charge >= 0.3 is 0 Å². The summed E-state index contributed by atoms with van der Waals surface area (Å²) in [5, 5.41) is 3.28. The van der Waals surface area contributed by atoms with Gasteiger partial charge in [-0.25, -0.2) is 13.2 Å². The molecule has 5 rings (SSSR count). The zero-order chi connectivity index (χ0) is 28.8. The minimum atomic E-state index is -0.785. The Labute approximate surface area is 238 Å². The molecule has 10 heteroatoms. The number of ketones is 1. The number of nitrogens with zero attached hydrogens (tertiary/aromatic N) is 2. The van der Waals surface area contributed by atoms with Crippen LogP contribution >= 0.6 is 11.3 Å². The van der Waals surface area contributed by atoms with Crippen molar-refractivity contribution in [2.45, 2.75) is 19.4 Å². The fourth-order valence-corrected chi connectivity index (χ4v) is 5.27. The summed E-state index contributed by atoms with van der Waals surface area (Å²) in [6, 6.07) is 14.9. The Morgan fingerprint density at radius 2 is 1.76 bits per heavy atom. The molecule has 0 saturated carbocycles. The largest absolute Gasteiger partial charge is 0.453 e. The van der Waals surface area contributed by atoms with Gasteiger partial charge in [0.2, 0.25) is 0 Å². The Morgan fingerprint density at radius 3 is 2.51 bits per heavy atom. The van der Waals surface area contributed by atoms with Gasteiger partial charge in [0.25, 0.3) is 0 Å². The normalized spacial score (nSPS) is 11.2. The molecule has 0 aliphatic rings. The molecular weight excluding hydrogens is 551 g/mol. The molecular formula is C31H26F3N3O3S. The summed E-state index contributed by atoms with van der Waals surface area (Å²) in [6.07, 6.45) is 3.10. The first-order valence-electron chi connectivity index (χ1n) is 12.8. The Bertz CT molecular complexity index is 1680. The lowest BCUT2D eigenvalue weighted by Crippen LogP contribution is -2.18. The Balaban J connectivity index is 1.27. The van der Waals surface area contributed by atoms with Crippen LogP contribution in [-0.2, 0) is 28.9 Å². The molecule has 41 heavy (non-hydrogen) atoms. The number of carbonyl (C=O) groups is 1. The number of hydrogen-bond donors (Lipinski definition) is 1. The van der Waals surface area contributed by atoms with Crippen molar-refractivity contribution in [3.05, 3.63) is 107 Å². The lowest BCUT2D eigenvalue weighted by Gasteiger charge is -2.09. The number of thiophene rings is 1. The van der Waals surface area contributed by atoms with Crippen LogP contribution in [-0.4, -0.2) is 36.0 Å². The van der Waals surface area contributed by atoms with Gasteiger partial charge in [0.1, 0.15) is 23.2 Å². The highest BCUT2D eigenvalue weighted by molar-refractivity contribution is 7.22. The average molecular weight is 578 g/mol. The molecule has 5 aromatic rings. The predicted octanol–water partition coefficient (Wildman–Crippen LogP) is 6.66. The molecule has 1 N–H and O–H groups in total. The SMILES string of the molecule is COCCNCc1ccc(-c2cc3nccc(Oc4ccc(CC(=O)Cc5ccc(F)cc5F)cc4F)c3s2)nc1. The fraction of sp³-hybridized carbons (Fsp3) is 0.194. The number of nitrogens with one attached hydrogen (secondary N) is 1. The highest BCUT2D eigenvalue weighted by Gasteiger charge is 2.15. The summed E-state index contributed by atoms with van der Waals surface area (Å²) in [5.74, 6) is -2.02. The van der Waals surface area contributed by atoms with E-state index >= 15 is 0 Å². The van der Waals surface area contributed by atoms with E-state index in [2.05, 4.69) is 15.3 Å². The van der Waals surface area contributed by atoms with Gasteiger partial charge in [0, 0.05) is 57.6 Å². The minimum Gasteiger partial charge on any atom is -0.453 e. The van der Waals surface area contributed by atoms with E-state index in [0.29, 0.717) is 30.0 Å². The molecule has 0 spiro atoms. The highest BCUT2D eigenvalue weighted by Crippen LogP contribution is 2.39. The van der Waals surface area contributed by atoms with Crippen molar-refractivity contribution in [2.75, 3.05) is 20.3 Å². The lowest BCUT2D eigenvalue weighted by atomic mass is 10.0.